The third-order valence-corrected chi connectivity index (χ3v) is 28.2. The van der Waals surface area contributed by atoms with Gasteiger partial charge < -0.3 is 63.9 Å². The fourth-order valence-electron chi connectivity index (χ4n) is 18.9. The molecule has 768 valence electrons. The number of piperidine rings is 1. The molecular weight excluding hydrogens is 1850 g/mol. The van der Waals surface area contributed by atoms with E-state index in [0.29, 0.717) is 31.6 Å². The quantitative estimate of drug-likeness (QED) is 0.0263. The van der Waals surface area contributed by atoms with E-state index in [1.54, 1.807) is 26.0 Å². The number of likely N-dealkylation sites (tertiary alicyclic amines) is 2. The Morgan fingerprint density at radius 2 is 0.848 bits per heavy atom. The van der Waals surface area contributed by atoms with E-state index in [1.165, 1.54) is 52.8 Å². The predicted octanol–water partition coefficient (Wildman–Crippen LogP) is 23.2. The van der Waals surface area contributed by atoms with E-state index in [0.717, 1.165) is 172 Å². The highest BCUT2D eigenvalue weighted by Crippen LogP contribution is 2.44. The first-order chi connectivity index (χ1) is 70.1. The highest BCUT2D eigenvalue weighted by atomic mass is 35.5. The summed E-state index contributed by atoms with van der Waals surface area (Å²) in [4.78, 5) is 47.2. The van der Waals surface area contributed by atoms with E-state index >= 15 is 0 Å². The topological polar surface area (TPSA) is 200 Å². The fraction of sp³-hybridized carbons (Fsp3) is 0.371. The molecule has 3 aliphatic heterocycles. The number of carboxylic acid groups (broad SMARTS) is 2. The second-order valence-electron chi connectivity index (χ2n) is 39.3. The molecule has 13 aromatic rings. The summed E-state index contributed by atoms with van der Waals surface area (Å²) < 4.78 is 23.9. The number of aliphatic hydroxyl groups is 2. The smallest absolute Gasteiger partial charge is 0.329 e. The molecule has 3 saturated heterocycles. The van der Waals surface area contributed by atoms with Gasteiger partial charge >= 0.3 is 11.9 Å². The van der Waals surface area contributed by atoms with Crippen molar-refractivity contribution in [1.82, 2.24) is 44.3 Å². The first kappa shape index (κ1) is 114. The number of likely N-dealkylation sites (N-methyl/N-ethyl adjacent to an activating group) is 2. The van der Waals surface area contributed by atoms with E-state index < -0.39 is 40.3 Å². The van der Waals surface area contributed by atoms with Crippen LogP contribution in [-0.4, -0.2) is 244 Å². The van der Waals surface area contributed by atoms with E-state index in [-0.39, 0.29) is 24.7 Å². The number of rotatable bonds is 41. The standard InChI is InChI=1S/C32H39NO4.C21H25ClN2O3.C21H26ClNO.C17H22N2O.C17H21NO.C16H20N2/c1-31(2,30(35)36)25-17-15-24(16-18-25)29(34)14-9-21-33-22-19-28(20-23-33)32(37,26-10-5-3-6-11-26)27-12-7-4-8-13-27;22-19-8-6-18(7-9-19)21(17-4-2-1-3-5-17)24-12-10-23(11-13-24)14-15-27-16-20(25)26;1-21(17-7-4-3-5-8-17,18-10-12-19(22)13-11-18)24-16-14-20-9-6-15-23(20)2;1-17(20-14-13-19(2)3,15-9-5-4-6-10-15)16-11-7-8-12-18-16;1-18(2)13-14-19-17(15-9-5-3-6-10-15)16-11-7-4-8-12-16;1-18(2)13-11-15(14-8-4-3-5-9-14)16-10-6-7-12-17-16/h3-8,10-13,15-18,28-29,34,37H,9,14,19-23H2,1-2H3,(H,35,36);1-9,21H,10-16H2,(H,25,26);3-5,7-8,10-13,20H,6,9,14-16H2,1-2H3;4-12H,13-14H2,1-3H3;3-12,17H,13-14H2,1-2H3;3-10,12,15H,11,13H2,1-2H3/t;21-;20-,21-;;;/m.11.../s1. The van der Waals surface area contributed by atoms with Crippen LogP contribution in [0.5, 0.6) is 0 Å². The van der Waals surface area contributed by atoms with Crippen LogP contribution in [0, 0.1) is 5.92 Å². The summed E-state index contributed by atoms with van der Waals surface area (Å²) >= 11 is 12.1. The van der Waals surface area contributed by atoms with Crippen molar-refractivity contribution in [2.45, 2.75) is 131 Å². The molecule has 2 aromatic heterocycles. The number of aliphatic carboxylic acids is 2. The second-order valence-corrected chi connectivity index (χ2v) is 40.2. The van der Waals surface area contributed by atoms with Gasteiger partial charge in [0, 0.05) is 92.5 Å². The van der Waals surface area contributed by atoms with E-state index in [9.17, 15) is 24.9 Å². The number of aromatic nitrogens is 2. The molecule has 21 heteroatoms. The van der Waals surface area contributed by atoms with Gasteiger partial charge in [0.25, 0.3) is 0 Å². The minimum Gasteiger partial charge on any atom is -0.481 e. The van der Waals surface area contributed by atoms with Gasteiger partial charge in [-0.2, -0.15) is 0 Å². The minimum atomic E-state index is -1.01. The van der Waals surface area contributed by atoms with Crippen molar-refractivity contribution in [3.8, 4) is 0 Å². The maximum atomic E-state index is 12.1. The number of piperazine rings is 1. The molecule has 0 amide bonds. The lowest BCUT2D eigenvalue weighted by molar-refractivity contribution is -0.143. The fourth-order valence-corrected chi connectivity index (χ4v) is 19.1. The van der Waals surface area contributed by atoms with Crippen LogP contribution in [0.25, 0.3) is 0 Å². The molecular formula is C124H153Cl2N9O10. The molecule has 6 atom stereocenters. The molecule has 3 aliphatic rings. The van der Waals surface area contributed by atoms with Gasteiger partial charge in [0.1, 0.15) is 29.5 Å². The number of ether oxygens (including phenoxy) is 4. The number of hydrogen-bond donors (Lipinski definition) is 4. The Bertz CT molecular complexity index is 5580. The Kier molecular flexibility index (Phi) is 46.8. The van der Waals surface area contributed by atoms with Crippen LogP contribution in [0.3, 0.4) is 0 Å². The zero-order chi connectivity index (χ0) is 103. The number of carboxylic acids is 2. The Hall–Kier alpha value is -11.3. The highest BCUT2D eigenvalue weighted by Gasteiger charge is 2.42. The normalized spacial score (nSPS) is 15.8. The molecule has 5 heterocycles. The summed E-state index contributed by atoms with van der Waals surface area (Å²) in [6.45, 7) is 21.3. The summed E-state index contributed by atoms with van der Waals surface area (Å²) in [7, 11) is 14.6. The number of benzene rings is 11. The highest BCUT2D eigenvalue weighted by molar-refractivity contribution is 6.30. The van der Waals surface area contributed by atoms with Crippen molar-refractivity contribution in [3.63, 3.8) is 0 Å². The summed E-state index contributed by atoms with van der Waals surface area (Å²) in [6.07, 6.45) is 11.2. The zero-order valence-corrected chi connectivity index (χ0v) is 88.3. The Morgan fingerprint density at radius 3 is 1.32 bits per heavy atom. The number of hydrogen-bond acceptors (Lipinski definition) is 17. The van der Waals surface area contributed by atoms with Crippen LogP contribution in [0.2, 0.25) is 10.0 Å². The molecule has 0 saturated carbocycles. The molecule has 19 nitrogen and oxygen atoms in total. The van der Waals surface area contributed by atoms with Crippen molar-refractivity contribution in [1.29, 1.82) is 0 Å². The average molecular weight is 2000 g/mol. The Labute approximate surface area is 873 Å². The lowest BCUT2D eigenvalue weighted by Gasteiger charge is -2.42. The molecule has 0 spiro atoms. The van der Waals surface area contributed by atoms with Crippen molar-refractivity contribution in [2.24, 2.45) is 5.92 Å². The molecule has 16 rings (SSSR count). The third-order valence-electron chi connectivity index (χ3n) is 27.7. The molecule has 4 N–H and O–H groups in total. The van der Waals surface area contributed by atoms with Crippen LogP contribution in [-0.2, 0) is 50.8 Å². The Balaban J connectivity index is 0.000000169. The first-order valence-corrected chi connectivity index (χ1v) is 51.9. The monoisotopic (exact) mass is 2000 g/mol. The van der Waals surface area contributed by atoms with Crippen molar-refractivity contribution < 1.29 is 49.0 Å². The van der Waals surface area contributed by atoms with Gasteiger partial charge in [-0.05, 0) is 282 Å². The summed E-state index contributed by atoms with van der Waals surface area (Å²) in [6, 6.07) is 119. The predicted molar refractivity (Wildman–Crippen MR) is 590 cm³/mol. The summed E-state index contributed by atoms with van der Waals surface area (Å²) in [5, 5.41) is 42.3. The van der Waals surface area contributed by atoms with Crippen molar-refractivity contribution in [2.75, 3.05) is 161 Å². The lowest BCUT2D eigenvalue weighted by Crippen LogP contribution is -2.48. The van der Waals surface area contributed by atoms with Crippen LogP contribution in [0.4, 0.5) is 0 Å². The number of carbonyl (C=O) groups is 2. The SMILES string of the molecule is CC(C)(C(=O)O)c1ccc(C(O)CCCN2CCC(C(O)(c3ccccc3)c3ccccc3)CC2)cc1.CN(C)CCC(c1ccccc1)c1ccccn1.CN(C)CCOC(C)(c1ccccc1)c1ccccn1.CN(C)CCOC(c1ccccc1)c1ccccc1.CN1CCC[C@@H]1CCO[C@](C)(c1ccccc1)c1ccc(Cl)cc1.O=C(O)COCCN1CCN([C@H](c2ccccc2)c2ccc(Cl)cc2)CC1. The zero-order valence-electron chi connectivity index (χ0n) is 86.8. The van der Waals surface area contributed by atoms with Crippen molar-refractivity contribution in [3.05, 3.63) is 452 Å². The van der Waals surface area contributed by atoms with Gasteiger partial charge in [0.05, 0.1) is 43.1 Å². The van der Waals surface area contributed by atoms with Gasteiger partial charge in [-0.3, -0.25) is 24.6 Å². The molecule has 0 aliphatic carbocycles. The summed E-state index contributed by atoms with van der Waals surface area (Å²) in [5.74, 6) is -1.27. The minimum absolute atomic E-state index is 0.0161. The van der Waals surface area contributed by atoms with Crippen molar-refractivity contribution >= 4 is 35.1 Å². The van der Waals surface area contributed by atoms with E-state index in [4.69, 9.17) is 47.3 Å². The summed E-state index contributed by atoms with van der Waals surface area (Å²) in [5.41, 5.74) is 12.3. The van der Waals surface area contributed by atoms with Crippen LogP contribution < -0.4 is 0 Å². The van der Waals surface area contributed by atoms with Gasteiger partial charge in [-0.25, -0.2) is 4.79 Å². The van der Waals surface area contributed by atoms with Crippen LogP contribution in [0.15, 0.2) is 364 Å². The average Bonchev–Trinajstić information content (AvgIpc) is 0.857. The maximum Gasteiger partial charge on any atom is 0.329 e. The third kappa shape index (κ3) is 35.5. The van der Waals surface area contributed by atoms with Gasteiger partial charge in [-0.1, -0.05) is 327 Å². The molecule has 145 heavy (non-hydrogen) atoms. The second kappa shape index (κ2) is 59.5. The number of aliphatic hydroxyl groups excluding tert-OH is 1. The van der Waals surface area contributed by atoms with Crippen LogP contribution in [0.1, 0.15) is 181 Å². The van der Waals surface area contributed by atoms with Gasteiger partial charge in [0.2, 0.25) is 0 Å². The van der Waals surface area contributed by atoms with Gasteiger partial charge in [0.15, 0.2) is 0 Å². The van der Waals surface area contributed by atoms with E-state index in [1.807, 2.05) is 190 Å². The number of pyridine rings is 2. The lowest BCUT2D eigenvalue weighted by atomic mass is 9.72. The largest absolute Gasteiger partial charge is 0.481 e. The maximum absolute atomic E-state index is 12.1. The molecule has 3 fully saturated rings. The Morgan fingerprint density at radius 1 is 0.421 bits per heavy atom. The number of nitrogens with zero attached hydrogens (tertiary/aromatic N) is 9. The first-order valence-electron chi connectivity index (χ1n) is 51.1. The molecule has 0 bridgehead atoms. The van der Waals surface area contributed by atoms with Gasteiger partial charge in [-0.15, -0.1) is 0 Å². The van der Waals surface area contributed by atoms with E-state index in [2.05, 4.69) is 269 Å². The number of halogens is 2. The molecule has 3 unspecified atom stereocenters. The van der Waals surface area contributed by atoms with Crippen LogP contribution >= 0.6 is 23.2 Å². The molecule has 0 radical (unpaired) electrons. The molecule has 11 aromatic carbocycles.